The maximum absolute atomic E-state index is 3.48. The third-order valence-electron chi connectivity index (χ3n) is 4.00. The van der Waals surface area contributed by atoms with Crippen LogP contribution in [0.15, 0.2) is 85.2 Å². The summed E-state index contributed by atoms with van der Waals surface area (Å²) in [5.41, 5.74) is 5.01. The average Bonchev–Trinajstić information content (AvgIpc) is 2.88. The first-order chi connectivity index (χ1) is 11.2. The minimum atomic E-state index is 0. The Kier molecular flexibility index (Phi) is 6.23. The van der Waals surface area contributed by atoms with Crippen LogP contribution in [-0.2, 0) is 0 Å². The molecule has 0 fully saturated rings. The summed E-state index contributed by atoms with van der Waals surface area (Å²) in [6.45, 7) is 0. The molecule has 2 aromatic carbocycles. The van der Waals surface area contributed by atoms with Gasteiger partial charge in [-0.3, -0.25) is 4.48 Å². The Morgan fingerprint density at radius 3 is 1.62 bits per heavy atom. The van der Waals surface area contributed by atoms with Crippen molar-refractivity contribution in [2.45, 2.75) is 0 Å². The molecular weight excluding hydrogens is 409 g/mol. The lowest BCUT2D eigenvalue weighted by atomic mass is 10.1. The average molecular weight is 431 g/mol. The van der Waals surface area contributed by atoms with Crippen LogP contribution in [0.5, 0.6) is 0 Å². The third-order valence-corrected chi connectivity index (χ3v) is 4.00. The molecule has 2 aromatic rings. The fourth-order valence-electron chi connectivity index (χ4n) is 2.81. The van der Waals surface area contributed by atoms with Crippen LogP contribution in [0.4, 0.5) is 22.7 Å². The number of nitrogens with one attached hydrogen (secondary N) is 2. The fourth-order valence-corrected chi connectivity index (χ4v) is 2.81. The molecule has 4 rings (SSSR count). The normalized spacial score (nSPS) is 15.2. The molecule has 0 aromatic heterocycles. The Morgan fingerprint density at radius 2 is 1.12 bits per heavy atom. The van der Waals surface area contributed by atoms with Crippen molar-refractivity contribution in [2.24, 2.45) is 0 Å². The lowest BCUT2D eigenvalue weighted by molar-refractivity contribution is -0.00000461. The number of allylic oxidation sites excluding steroid dienone is 4. The number of rotatable bonds is 0. The van der Waals surface area contributed by atoms with E-state index in [1.165, 1.54) is 22.7 Å². The van der Waals surface area contributed by atoms with Crippen molar-refractivity contribution < 1.29 is 24.0 Å². The highest BCUT2D eigenvalue weighted by Gasteiger charge is 2.32. The van der Waals surface area contributed by atoms with Gasteiger partial charge in [0.1, 0.15) is 11.4 Å². The molecule has 124 valence electrons. The minimum Gasteiger partial charge on any atom is -1.00 e. The lowest BCUT2D eigenvalue weighted by Crippen LogP contribution is -3.00. The molecular formula is C20H22IN3. The molecule has 2 aliphatic rings. The van der Waals surface area contributed by atoms with Crippen LogP contribution in [0.1, 0.15) is 0 Å². The van der Waals surface area contributed by atoms with Gasteiger partial charge in [0.15, 0.2) is 11.4 Å². The summed E-state index contributed by atoms with van der Waals surface area (Å²) >= 11 is 0. The van der Waals surface area contributed by atoms with Crippen molar-refractivity contribution in [3.63, 3.8) is 0 Å². The molecule has 0 aliphatic carbocycles. The van der Waals surface area contributed by atoms with E-state index in [0.29, 0.717) is 0 Å². The predicted octanol–water partition coefficient (Wildman–Crippen LogP) is 1.82. The highest BCUT2D eigenvalue weighted by molar-refractivity contribution is 5.88. The van der Waals surface area contributed by atoms with Gasteiger partial charge in [-0.25, -0.2) is 0 Å². The van der Waals surface area contributed by atoms with E-state index in [2.05, 4.69) is 73.3 Å². The van der Waals surface area contributed by atoms with Crippen LogP contribution in [0, 0.1) is 0 Å². The van der Waals surface area contributed by atoms with Gasteiger partial charge >= 0.3 is 0 Å². The highest BCUT2D eigenvalue weighted by atomic mass is 127. The van der Waals surface area contributed by atoms with Crippen molar-refractivity contribution in [3.05, 3.63) is 85.2 Å². The first-order valence-corrected chi connectivity index (χ1v) is 7.74. The number of quaternary nitrogens is 1. The Hall–Kier alpha value is -2.05. The van der Waals surface area contributed by atoms with E-state index in [1.807, 2.05) is 36.7 Å². The summed E-state index contributed by atoms with van der Waals surface area (Å²) < 4.78 is 0.791. The maximum Gasteiger partial charge on any atom is 0.161 e. The molecule has 3 nitrogen and oxygen atoms in total. The molecule has 0 atom stereocenters. The van der Waals surface area contributed by atoms with Crippen molar-refractivity contribution in [3.8, 4) is 0 Å². The van der Waals surface area contributed by atoms with Gasteiger partial charge in [-0.1, -0.05) is 36.4 Å². The summed E-state index contributed by atoms with van der Waals surface area (Å²) in [6.07, 6.45) is 11.6. The molecule has 0 saturated carbocycles. The number of hydrogen-bond acceptors (Lipinski definition) is 2. The zero-order valence-corrected chi connectivity index (χ0v) is 16.1. The summed E-state index contributed by atoms with van der Waals surface area (Å²) in [4.78, 5) is 0. The van der Waals surface area contributed by atoms with Crippen molar-refractivity contribution >= 4 is 22.7 Å². The second kappa shape index (κ2) is 8.17. The first-order valence-electron chi connectivity index (χ1n) is 7.74. The molecule has 0 spiro atoms. The second-order valence-corrected chi connectivity index (χ2v) is 5.88. The van der Waals surface area contributed by atoms with Gasteiger partial charge in [0, 0.05) is 24.5 Å². The standard InChI is InChI=1S/C14H15N2.C6H7N.HI/c1-16(2)13-9-5-3-7-11(13)15-12-8-4-6-10-14(12)16;1-2-4-6-7-5-3-1;/h3-10,15H,1-2H3;1-7H;1H/q+1;;/p-1. The maximum atomic E-state index is 3.48. The number of anilines is 2. The molecule has 0 unspecified atom stereocenters. The first kappa shape index (κ1) is 18.3. The number of fused-ring (bicyclic) bond motifs is 2. The minimum absolute atomic E-state index is 0. The Bertz CT molecular complexity index is 714. The summed E-state index contributed by atoms with van der Waals surface area (Å²) in [5, 5.41) is 6.40. The van der Waals surface area contributed by atoms with Crippen LogP contribution in [0.3, 0.4) is 0 Å². The van der Waals surface area contributed by atoms with E-state index in [-0.39, 0.29) is 24.0 Å². The van der Waals surface area contributed by atoms with Gasteiger partial charge in [-0.05, 0) is 24.3 Å². The Balaban J connectivity index is 0.000000222. The van der Waals surface area contributed by atoms with E-state index >= 15 is 0 Å². The quantitative estimate of drug-likeness (QED) is 0.492. The molecule has 2 heterocycles. The zero-order chi connectivity index (χ0) is 16.1. The highest BCUT2D eigenvalue weighted by Crippen LogP contribution is 2.46. The van der Waals surface area contributed by atoms with Gasteiger partial charge in [0.2, 0.25) is 0 Å². The van der Waals surface area contributed by atoms with Crippen molar-refractivity contribution in [2.75, 3.05) is 19.4 Å². The van der Waals surface area contributed by atoms with Crippen LogP contribution in [0.25, 0.3) is 0 Å². The van der Waals surface area contributed by atoms with Gasteiger partial charge in [0.25, 0.3) is 0 Å². The third kappa shape index (κ3) is 3.88. The monoisotopic (exact) mass is 431 g/mol. The van der Waals surface area contributed by atoms with Crippen LogP contribution < -0.4 is 39.1 Å². The second-order valence-electron chi connectivity index (χ2n) is 5.88. The SMILES string of the molecule is C1=CC=CNC=C1.C[N+]1(C)c2ccccc2Nc2ccccc21.[I-]. The predicted molar refractivity (Wildman–Crippen MR) is 100 cm³/mol. The summed E-state index contributed by atoms with van der Waals surface area (Å²) in [7, 11) is 4.44. The van der Waals surface area contributed by atoms with Crippen LogP contribution in [-0.4, -0.2) is 14.1 Å². The van der Waals surface area contributed by atoms with Gasteiger partial charge < -0.3 is 34.6 Å². The van der Waals surface area contributed by atoms with Crippen molar-refractivity contribution in [1.82, 2.24) is 9.80 Å². The molecule has 0 radical (unpaired) electrons. The van der Waals surface area contributed by atoms with Gasteiger partial charge in [-0.2, -0.15) is 0 Å². The zero-order valence-electron chi connectivity index (χ0n) is 13.9. The number of para-hydroxylation sites is 4. The largest absolute Gasteiger partial charge is 1.00 e. The van der Waals surface area contributed by atoms with E-state index in [9.17, 15) is 0 Å². The van der Waals surface area contributed by atoms with E-state index in [4.69, 9.17) is 0 Å². The smallest absolute Gasteiger partial charge is 0.161 e. The summed E-state index contributed by atoms with van der Waals surface area (Å²) in [6, 6.07) is 16.9. The summed E-state index contributed by atoms with van der Waals surface area (Å²) in [5.74, 6) is 0. The molecule has 2 N–H and O–H groups in total. The van der Waals surface area contributed by atoms with E-state index < -0.39 is 0 Å². The van der Waals surface area contributed by atoms with E-state index in [1.54, 1.807) is 0 Å². The van der Waals surface area contributed by atoms with Gasteiger partial charge in [0.05, 0.1) is 14.1 Å². The van der Waals surface area contributed by atoms with Crippen molar-refractivity contribution in [1.29, 1.82) is 0 Å². The van der Waals surface area contributed by atoms with Gasteiger partial charge in [-0.15, -0.1) is 0 Å². The molecule has 2 aliphatic heterocycles. The number of benzene rings is 2. The van der Waals surface area contributed by atoms with E-state index in [0.717, 1.165) is 4.48 Å². The number of halogens is 1. The molecule has 24 heavy (non-hydrogen) atoms. The molecule has 0 amide bonds. The number of hydrogen-bond donors (Lipinski definition) is 2. The molecule has 0 saturated heterocycles. The van der Waals surface area contributed by atoms with Crippen LogP contribution in [0.2, 0.25) is 0 Å². The Morgan fingerprint density at radius 1 is 0.667 bits per heavy atom. The fraction of sp³-hybridized carbons (Fsp3) is 0.100. The topological polar surface area (TPSA) is 24.1 Å². The molecule has 4 heteroatoms. The van der Waals surface area contributed by atoms with Crippen LogP contribution >= 0.6 is 0 Å². The Labute approximate surface area is 161 Å². The molecule has 0 bridgehead atoms. The number of nitrogens with zero attached hydrogens (tertiary/aromatic N) is 1. The lowest BCUT2D eigenvalue weighted by Gasteiger charge is -2.36.